The number of likely N-dealkylation sites (tertiary alicyclic amines) is 1. The molecule has 27 heavy (non-hydrogen) atoms. The van der Waals surface area contributed by atoms with Gasteiger partial charge in [-0.1, -0.05) is 51.1 Å². The summed E-state index contributed by atoms with van der Waals surface area (Å²) in [5.74, 6) is 0.489. The number of amides is 2. The molecule has 0 saturated carbocycles. The molecule has 0 aromatic heterocycles. The SMILES string of the molecule is CCC(C)(C)C(=O)N1CCCN([C@@H]2CCN(Cc3ccccc3)C2=O)CC1. The molecule has 3 rings (SSSR count). The van der Waals surface area contributed by atoms with Crippen molar-refractivity contribution in [3.63, 3.8) is 0 Å². The van der Waals surface area contributed by atoms with Crippen LogP contribution in [-0.4, -0.2) is 65.3 Å². The average molecular weight is 372 g/mol. The summed E-state index contributed by atoms with van der Waals surface area (Å²) in [7, 11) is 0. The minimum Gasteiger partial charge on any atom is -0.341 e. The predicted molar refractivity (Wildman–Crippen MR) is 107 cm³/mol. The summed E-state index contributed by atoms with van der Waals surface area (Å²) in [5, 5.41) is 0. The van der Waals surface area contributed by atoms with Crippen molar-refractivity contribution < 1.29 is 9.59 Å². The van der Waals surface area contributed by atoms with Gasteiger partial charge in [0, 0.05) is 44.7 Å². The summed E-state index contributed by atoms with van der Waals surface area (Å²) in [6.07, 6.45) is 2.68. The van der Waals surface area contributed by atoms with Crippen LogP contribution in [-0.2, 0) is 16.1 Å². The molecule has 2 heterocycles. The minimum atomic E-state index is -0.301. The first-order chi connectivity index (χ1) is 12.9. The molecule has 0 unspecified atom stereocenters. The predicted octanol–water partition coefficient (Wildman–Crippen LogP) is 2.76. The summed E-state index contributed by atoms with van der Waals surface area (Å²) in [6.45, 7) is 10.9. The van der Waals surface area contributed by atoms with Crippen LogP contribution in [0.15, 0.2) is 30.3 Å². The standard InChI is InChI=1S/C22H33N3O2/c1-4-22(2,3)21(27)24-13-8-12-23(15-16-24)19-11-14-25(20(19)26)17-18-9-6-5-7-10-18/h5-7,9-10,19H,4,8,11-17H2,1-3H3/t19-/m1/s1. The van der Waals surface area contributed by atoms with Crippen molar-refractivity contribution in [3.05, 3.63) is 35.9 Å². The highest BCUT2D eigenvalue weighted by molar-refractivity contribution is 5.84. The maximum absolute atomic E-state index is 12.9. The Morgan fingerprint density at radius 2 is 1.81 bits per heavy atom. The van der Waals surface area contributed by atoms with Gasteiger partial charge >= 0.3 is 0 Å². The molecule has 148 valence electrons. The Bertz CT molecular complexity index is 659. The van der Waals surface area contributed by atoms with E-state index in [-0.39, 0.29) is 23.3 Å². The van der Waals surface area contributed by atoms with Gasteiger partial charge in [-0.2, -0.15) is 0 Å². The molecule has 1 aromatic rings. The Morgan fingerprint density at radius 1 is 1.07 bits per heavy atom. The van der Waals surface area contributed by atoms with Gasteiger partial charge in [0.05, 0.1) is 6.04 Å². The van der Waals surface area contributed by atoms with Crippen molar-refractivity contribution in [3.8, 4) is 0 Å². The topological polar surface area (TPSA) is 43.9 Å². The molecule has 2 amide bonds. The van der Waals surface area contributed by atoms with Gasteiger partial charge < -0.3 is 9.80 Å². The molecule has 2 fully saturated rings. The number of carbonyl (C=O) groups excluding carboxylic acids is 2. The first-order valence-electron chi connectivity index (χ1n) is 10.3. The maximum atomic E-state index is 12.9. The van der Waals surface area contributed by atoms with Crippen molar-refractivity contribution in [1.82, 2.24) is 14.7 Å². The second-order valence-corrected chi connectivity index (χ2v) is 8.47. The van der Waals surface area contributed by atoms with E-state index in [9.17, 15) is 9.59 Å². The third-order valence-corrected chi connectivity index (χ3v) is 6.21. The van der Waals surface area contributed by atoms with Crippen LogP contribution < -0.4 is 0 Å². The monoisotopic (exact) mass is 371 g/mol. The minimum absolute atomic E-state index is 0.0250. The molecule has 1 atom stereocenters. The third-order valence-electron chi connectivity index (χ3n) is 6.21. The Hall–Kier alpha value is -1.88. The quantitative estimate of drug-likeness (QED) is 0.799. The second kappa shape index (κ2) is 8.42. The molecular weight excluding hydrogens is 338 g/mol. The Morgan fingerprint density at radius 3 is 2.52 bits per heavy atom. The zero-order valence-corrected chi connectivity index (χ0v) is 17.0. The van der Waals surface area contributed by atoms with Crippen LogP contribution in [0.3, 0.4) is 0 Å². The molecule has 2 aliphatic heterocycles. The van der Waals surface area contributed by atoms with Crippen LogP contribution in [0.1, 0.15) is 45.6 Å². The third kappa shape index (κ3) is 4.52. The largest absolute Gasteiger partial charge is 0.341 e. The van der Waals surface area contributed by atoms with Crippen LogP contribution >= 0.6 is 0 Å². The molecule has 5 heteroatoms. The van der Waals surface area contributed by atoms with Crippen LogP contribution in [0.25, 0.3) is 0 Å². The van der Waals surface area contributed by atoms with E-state index in [4.69, 9.17) is 0 Å². The smallest absolute Gasteiger partial charge is 0.240 e. The molecular formula is C22H33N3O2. The average Bonchev–Trinajstić information content (AvgIpc) is 2.88. The van der Waals surface area contributed by atoms with Crippen molar-refractivity contribution in [2.75, 3.05) is 32.7 Å². The lowest BCUT2D eigenvalue weighted by atomic mass is 9.88. The number of hydrogen-bond donors (Lipinski definition) is 0. The number of hydrogen-bond acceptors (Lipinski definition) is 3. The van der Waals surface area contributed by atoms with Gasteiger partial charge in [0.25, 0.3) is 0 Å². The van der Waals surface area contributed by atoms with Gasteiger partial charge in [-0.25, -0.2) is 0 Å². The Kier molecular flexibility index (Phi) is 6.20. The highest BCUT2D eigenvalue weighted by Crippen LogP contribution is 2.25. The molecule has 1 aromatic carbocycles. The number of carbonyl (C=O) groups is 2. The Balaban J connectivity index is 1.58. The zero-order chi connectivity index (χ0) is 19.4. The molecule has 2 aliphatic rings. The molecule has 0 spiro atoms. The van der Waals surface area contributed by atoms with Gasteiger partial charge in [0.1, 0.15) is 0 Å². The van der Waals surface area contributed by atoms with Gasteiger partial charge in [0.15, 0.2) is 0 Å². The van der Waals surface area contributed by atoms with Crippen molar-refractivity contribution >= 4 is 11.8 Å². The lowest BCUT2D eigenvalue weighted by Gasteiger charge is -2.31. The summed E-state index contributed by atoms with van der Waals surface area (Å²) >= 11 is 0. The molecule has 0 radical (unpaired) electrons. The van der Waals surface area contributed by atoms with E-state index in [0.717, 1.165) is 52.0 Å². The van der Waals surface area contributed by atoms with Crippen LogP contribution in [0.2, 0.25) is 0 Å². The van der Waals surface area contributed by atoms with E-state index in [1.165, 1.54) is 5.56 Å². The molecule has 5 nitrogen and oxygen atoms in total. The van der Waals surface area contributed by atoms with E-state index in [2.05, 4.69) is 24.0 Å². The molecule has 0 bridgehead atoms. The maximum Gasteiger partial charge on any atom is 0.240 e. The van der Waals surface area contributed by atoms with E-state index < -0.39 is 0 Å². The van der Waals surface area contributed by atoms with Gasteiger partial charge in [-0.05, 0) is 24.8 Å². The van der Waals surface area contributed by atoms with E-state index in [0.29, 0.717) is 6.54 Å². The van der Waals surface area contributed by atoms with Crippen molar-refractivity contribution in [2.45, 2.75) is 52.6 Å². The molecule has 0 aliphatic carbocycles. The first-order valence-corrected chi connectivity index (χ1v) is 10.3. The lowest BCUT2D eigenvalue weighted by Crippen LogP contribution is -2.45. The normalized spacial score (nSPS) is 22.2. The number of benzene rings is 1. The van der Waals surface area contributed by atoms with E-state index in [1.54, 1.807) is 0 Å². The van der Waals surface area contributed by atoms with E-state index in [1.807, 2.05) is 41.8 Å². The Labute approximate surface area is 163 Å². The molecule has 2 saturated heterocycles. The summed E-state index contributed by atoms with van der Waals surface area (Å²) in [4.78, 5) is 32.0. The lowest BCUT2D eigenvalue weighted by molar-refractivity contribution is -0.140. The van der Waals surface area contributed by atoms with Gasteiger partial charge in [-0.3, -0.25) is 14.5 Å². The summed E-state index contributed by atoms with van der Waals surface area (Å²) in [5.41, 5.74) is 0.881. The highest BCUT2D eigenvalue weighted by atomic mass is 16.2. The molecule has 0 N–H and O–H groups in total. The zero-order valence-electron chi connectivity index (χ0n) is 17.0. The van der Waals surface area contributed by atoms with Gasteiger partial charge in [-0.15, -0.1) is 0 Å². The second-order valence-electron chi connectivity index (χ2n) is 8.47. The van der Waals surface area contributed by atoms with Crippen LogP contribution in [0.5, 0.6) is 0 Å². The summed E-state index contributed by atoms with van der Waals surface area (Å²) in [6, 6.07) is 10.2. The number of rotatable bonds is 5. The summed E-state index contributed by atoms with van der Waals surface area (Å²) < 4.78 is 0. The van der Waals surface area contributed by atoms with E-state index >= 15 is 0 Å². The first kappa shape index (κ1) is 19.9. The van der Waals surface area contributed by atoms with Crippen LogP contribution in [0.4, 0.5) is 0 Å². The van der Waals surface area contributed by atoms with Gasteiger partial charge in [0.2, 0.25) is 11.8 Å². The van der Waals surface area contributed by atoms with Crippen molar-refractivity contribution in [2.24, 2.45) is 5.41 Å². The highest BCUT2D eigenvalue weighted by Gasteiger charge is 2.37. The fourth-order valence-electron chi connectivity index (χ4n) is 4.05. The fourth-order valence-corrected chi connectivity index (χ4v) is 4.05. The van der Waals surface area contributed by atoms with Crippen molar-refractivity contribution in [1.29, 1.82) is 0 Å². The number of nitrogens with zero attached hydrogens (tertiary/aromatic N) is 3. The fraction of sp³-hybridized carbons (Fsp3) is 0.636. The van der Waals surface area contributed by atoms with Crippen LogP contribution in [0, 0.1) is 5.41 Å².